The second-order valence-electron chi connectivity index (χ2n) is 8.11. The van der Waals surface area contributed by atoms with Crippen LogP contribution in [0.25, 0.3) is 0 Å². The lowest BCUT2D eigenvalue weighted by Crippen LogP contribution is -2.23. The summed E-state index contributed by atoms with van der Waals surface area (Å²) in [7, 11) is 0. The van der Waals surface area contributed by atoms with E-state index >= 15 is 0 Å². The second-order valence-corrected chi connectivity index (χ2v) is 8.11. The molecule has 10 nitrogen and oxygen atoms in total. The second kappa shape index (κ2) is 12.8. The highest BCUT2D eigenvalue weighted by Gasteiger charge is 2.12. The van der Waals surface area contributed by atoms with Crippen molar-refractivity contribution in [3.8, 4) is 5.75 Å². The highest BCUT2D eigenvalue weighted by atomic mass is 16.6. The van der Waals surface area contributed by atoms with E-state index in [0.29, 0.717) is 22.6 Å². The molecule has 3 rings (SSSR count). The van der Waals surface area contributed by atoms with Crippen molar-refractivity contribution < 1.29 is 19.2 Å². The topological polar surface area (TPSA) is 126 Å². The standard InChI is InChI=1S/C27H29N5O5/c1-4-31(5-2)23-13-12-21(17-28-30-27(34)20-9-6-8-19(3)14-20)25(16-23)37-18-26(33)29-22-10-7-11-24(15-22)32(35)36/h6-17H,4-5,18H2,1-3H3,(H,29,33)(H,30,34)/b28-17-. The van der Waals surface area contributed by atoms with E-state index in [-0.39, 0.29) is 18.2 Å². The van der Waals surface area contributed by atoms with Gasteiger partial charge in [0.2, 0.25) is 0 Å². The lowest BCUT2D eigenvalue weighted by molar-refractivity contribution is -0.384. The number of hydrazone groups is 1. The third kappa shape index (κ3) is 7.63. The number of carbonyl (C=O) groups excluding carboxylic acids is 2. The van der Waals surface area contributed by atoms with Crippen LogP contribution in [0.4, 0.5) is 17.1 Å². The molecule has 3 aromatic carbocycles. The van der Waals surface area contributed by atoms with Crippen molar-refractivity contribution in [1.29, 1.82) is 0 Å². The van der Waals surface area contributed by atoms with Gasteiger partial charge in [-0.3, -0.25) is 19.7 Å². The Morgan fingerprint density at radius 3 is 2.51 bits per heavy atom. The Balaban J connectivity index is 1.74. The summed E-state index contributed by atoms with van der Waals surface area (Å²) >= 11 is 0. The van der Waals surface area contributed by atoms with Crippen LogP contribution in [0.2, 0.25) is 0 Å². The maximum absolute atomic E-state index is 12.5. The Morgan fingerprint density at radius 2 is 1.81 bits per heavy atom. The molecule has 10 heteroatoms. The molecule has 0 fully saturated rings. The van der Waals surface area contributed by atoms with E-state index in [1.54, 1.807) is 36.4 Å². The van der Waals surface area contributed by atoms with Crippen LogP contribution >= 0.6 is 0 Å². The van der Waals surface area contributed by atoms with Gasteiger partial charge in [-0.25, -0.2) is 5.43 Å². The molecule has 0 unspecified atom stereocenters. The van der Waals surface area contributed by atoms with Crippen LogP contribution in [0.1, 0.15) is 35.3 Å². The summed E-state index contributed by atoms with van der Waals surface area (Å²) in [6, 6.07) is 18.3. The lowest BCUT2D eigenvalue weighted by Gasteiger charge is -2.22. The predicted molar refractivity (Wildman–Crippen MR) is 143 cm³/mol. The van der Waals surface area contributed by atoms with Gasteiger partial charge < -0.3 is 15.0 Å². The number of hydrogen-bond acceptors (Lipinski definition) is 7. The highest BCUT2D eigenvalue weighted by molar-refractivity contribution is 5.95. The zero-order chi connectivity index (χ0) is 26.8. The van der Waals surface area contributed by atoms with Crippen LogP contribution in [-0.2, 0) is 4.79 Å². The molecule has 0 heterocycles. The number of nitro groups is 1. The first-order valence-electron chi connectivity index (χ1n) is 11.8. The summed E-state index contributed by atoms with van der Waals surface area (Å²) in [5.41, 5.74) is 5.58. The largest absolute Gasteiger partial charge is 0.483 e. The van der Waals surface area contributed by atoms with E-state index in [9.17, 15) is 19.7 Å². The number of nitrogens with one attached hydrogen (secondary N) is 2. The third-order valence-electron chi connectivity index (χ3n) is 5.48. The number of nitro benzene ring substituents is 1. The average Bonchev–Trinajstić information content (AvgIpc) is 2.89. The quantitative estimate of drug-likeness (QED) is 0.225. The van der Waals surface area contributed by atoms with Gasteiger partial charge in [-0.1, -0.05) is 23.8 Å². The first-order chi connectivity index (χ1) is 17.8. The van der Waals surface area contributed by atoms with Crippen LogP contribution in [0.5, 0.6) is 5.75 Å². The molecule has 0 aliphatic rings. The zero-order valence-corrected chi connectivity index (χ0v) is 20.9. The predicted octanol–water partition coefficient (Wildman–Crippen LogP) is 4.53. The average molecular weight is 504 g/mol. The number of anilines is 2. The normalized spacial score (nSPS) is 10.7. The minimum atomic E-state index is -0.534. The summed E-state index contributed by atoms with van der Waals surface area (Å²) < 4.78 is 5.81. The number of amides is 2. The van der Waals surface area contributed by atoms with Crippen molar-refractivity contribution in [1.82, 2.24) is 5.43 Å². The molecule has 192 valence electrons. The molecular formula is C27H29N5O5. The fourth-order valence-corrected chi connectivity index (χ4v) is 3.59. The fourth-order valence-electron chi connectivity index (χ4n) is 3.59. The summed E-state index contributed by atoms with van der Waals surface area (Å²) in [6.07, 6.45) is 1.45. The Labute approximate surface area is 215 Å². The van der Waals surface area contributed by atoms with Crippen LogP contribution in [0, 0.1) is 17.0 Å². The van der Waals surface area contributed by atoms with E-state index in [4.69, 9.17) is 4.74 Å². The van der Waals surface area contributed by atoms with E-state index in [1.807, 2.05) is 32.9 Å². The summed E-state index contributed by atoms with van der Waals surface area (Å²) in [6.45, 7) is 7.20. The van der Waals surface area contributed by atoms with E-state index in [2.05, 4.69) is 20.7 Å². The zero-order valence-electron chi connectivity index (χ0n) is 20.9. The van der Waals surface area contributed by atoms with Crippen LogP contribution < -0.4 is 20.4 Å². The van der Waals surface area contributed by atoms with Gasteiger partial charge in [0.15, 0.2) is 6.61 Å². The molecule has 0 aromatic heterocycles. The van der Waals surface area contributed by atoms with Crippen molar-refractivity contribution in [2.75, 3.05) is 29.9 Å². The van der Waals surface area contributed by atoms with E-state index in [1.165, 1.54) is 24.4 Å². The molecule has 37 heavy (non-hydrogen) atoms. The van der Waals surface area contributed by atoms with Crippen molar-refractivity contribution in [2.45, 2.75) is 20.8 Å². The van der Waals surface area contributed by atoms with Crippen molar-refractivity contribution in [3.63, 3.8) is 0 Å². The number of aryl methyl sites for hydroxylation is 1. The number of non-ortho nitro benzene ring substituents is 1. The van der Waals surface area contributed by atoms with E-state index < -0.39 is 10.8 Å². The van der Waals surface area contributed by atoms with Crippen molar-refractivity contribution in [2.24, 2.45) is 5.10 Å². The smallest absolute Gasteiger partial charge is 0.271 e. The first-order valence-corrected chi connectivity index (χ1v) is 11.8. The molecule has 2 amide bonds. The Kier molecular flexibility index (Phi) is 9.31. The molecule has 0 atom stereocenters. The van der Waals surface area contributed by atoms with Crippen LogP contribution in [0.15, 0.2) is 71.8 Å². The monoisotopic (exact) mass is 503 g/mol. The number of rotatable bonds is 11. The fraction of sp³-hybridized carbons (Fsp3) is 0.222. The molecule has 0 spiro atoms. The molecular weight excluding hydrogens is 474 g/mol. The maximum Gasteiger partial charge on any atom is 0.271 e. The third-order valence-corrected chi connectivity index (χ3v) is 5.48. The van der Waals surface area contributed by atoms with E-state index in [0.717, 1.165) is 24.3 Å². The van der Waals surface area contributed by atoms with Crippen LogP contribution in [-0.4, -0.2) is 42.6 Å². The lowest BCUT2D eigenvalue weighted by atomic mass is 10.1. The molecule has 0 saturated heterocycles. The Hall–Kier alpha value is -4.73. The summed E-state index contributed by atoms with van der Waals surface area (Å²) in [4.78, 5) is 37.4. The minimum absolute atomic E-state index is 0.128. The molecule has 0 radical (unpaired) electrons. The van der Waals surface area contributed by atoms with Gasteiger partial charge in [0, 0.05) is 53.8 Å². The van der Waals surface area contributed by atoms with Crippen molar-refractivity contribution >= 4 is 35.1 Å². The van der Waals surface area contributed by atoms with Gasteiger partial charge in [0.1, 0.15) is 5.75 Å². The number of hydrogen-bond donors (Lipinski definition) is 2. The number of benzene rings is 3. The minimum Gasteiger partial charge on any atom is -0.483 e. The van der Waals surface area contributed by atoms with Crippen LogP contribution in [0.3, 0.4) is 0 Å². The molecule has 0 saturated carbocycles. The molecule has 2 N–H and O–H groups in total. The number of carbonyl (C=O) groups is 2. The van der Waals surface area contributed by atoms with Gasteiger partial charge in [-0.15, -0.1) is 0 Å². The molecule has 0 bridgehead atoms. The van der Waals surface area contributed by atoms with Gasteiger partial charge in [0.05, 0.1) is 11.1 Å². The van der Waals surface area contributed by atoms with Crippen molar-refractivity contribution in [3.05, 3.63) is 93.5 Å². The van der Waals surface area contributed by atoms with Gasteiger partial charge in [0.25, 0.3) is 17.5 Å². The molecule has 3 aromatic rings. The number of nitrogens with zero attached hydrogens (tertiary/aromatic N) is 3. The van der Waals surface area contributed by atoms with Gasteiger partial charge in [-0.05, 0) is 51.1 Å². The summed E-state index contributed by atoms with van der Waals surface area (Å²) in [5, 5.41) is 17.6. The highest BCUT2D eigenvalue weighted by Crippen LogP contribution is 2.25. The SMILES string of the molecule is CCN(CC)c1ccc(/C=N\NC(=O)c2cccc(C)c2)c(OCC(=O)Nc2cccc([N+](=O)[O-])c2)c1. The first kappa shape index (κ1) is 26.9. The maximum atomic E-state index is 12.5. The Bertz CT molecular complexity index is 1300. The van der Waals surface area contributed by atoms with Gasteiger partial charge in [-0.2, -0.15) is 5.10 Å². The number of ether oxygens (including phenoxy) is 1. The molecule has 0 aliphatic carbocycles. The molecule has 0 aliphatic heterocycles. The summed E-state index contributed by atoms with van der Waals surface area (Å²) in [5.74, 6) is -0.435. The van der Waals surface area contributed by atoms with Gasteiger partial charge >= 0.3 is 0 Å². The Morgan fingerprint density at radius 1 is 1.05 bits per heavy atom.